The number of nitrogens with one attached hydrogen (secondary N) is 1. The van der Waals surface area contributed by atoms with Crippen LogP contribution in [0.3, 0.4) is 0 Å². The van der Waals surface area contributed by atoms with Crippen molar-refractivity contribution in [3.8, 4) is 11.8 Å². The van der Waals surface area contributed by atoms with Crippen LogP contribution in [0, 0.1) is 11.8 Å². The second-order valence-corrected chi connectivity index (χ2v) is 7.04. The molecule has 0 radical (unpaired) electrons. The summed E-state index contributed by atoms with van der Waals surface area (Å²) < 4.78 is 38.1. The van der Waals surface area contributed by atoms with Crippen LogP contribution in [-0.2, 0) is 12.7 Å². The normalized spacial score (nSPS) is 17.0. The molecule has 0 aliphatic carbocycles. The van der Waals surface area contributed by atoms with Gasteiger partial charge in [0.1, 0.15) is 5.82 Å². The van der Waals surface area contributed by atoms with Crippen molar-refractivity contribution in [2.24, 2.45) is 0 Å². The summed E-state index contributed by atoms with van der Waals surface area (Å²) in [5.41, 5.74) is 1.33. The molecule has 1 fully saturated rings. The van der Waals surface area contributed by atoms with Crippen molar-refractivity contribution in [2.75, 3.05) is 24.6 Å². The highest BCUT2D eigenvalue weighted by Gasteiger charge is 2.31. The number of hydrogen-bond acceptors (Lipinski definition) is 4. The number of pyridine rings is 1. The van der Waals surface area contributed by atoms with Crippen LogP contribution in [0.25, 0.3) is 0 Å². The van der Waals surface area contributed by atoms with Gasteiger partial charge in [-0.05, 0) is 42.7 Å². The monoisotopic (exact) mass is 403 g/mol. The Bertz CT molecular complexity index is 839. The number of rotatable bonds is 5. The summed E-state index contributed by atoms with van der Waals surface area (Å²) in [6.45, 7) is 2.28. The van der Waals surface area contributed by atoms with E-state index in [2.05, 4.69) is 22.1 Å². The van der Waals surface area contributed by atoms with Crippen LogP contribution in [0.15, 0.2) is 42.6 Å². The van der Waals surface area contributed by atoms with E-state index in [1.807, 2.05) is 29.2 Å². The minimum atomic E-state index is -4.36. The highest BCUT2D eigenvalue weighted by atomic mass is 19.4. The maximum absolute atomic E-state index is 12.7. The van der Waals surface area contributed by atoms with Crippen molar-refractivity contribution in [2.45, 2.75) is 38.0 Å². The standard InChI is InChI=1S/C22H24F3N3O/c23-22(24,25)19-10-11-21(27-15-19)28-12-3-5-20(16-28)26-14-18-8-6-17(7-9-18)4-1-2-13-29/h6-11,15,20,26,29H,2-3,5,12-14,16H2/t20-/m1/s1. The molecule has 0 saturated carbocycles. The Balaban J connectivity index is 1.53. The summed E-state index contributed by atoms with van der Waals surface area (Å²) in [5, 5.41) is 12.3. The first-order valence-corrected chi connectivity index (χ1v) is 9.66. The lowest BCUT2D eigenvalue weighted by Gasteiger charge is -2.34. The summed E-state index contributed by atoms with van der Waals surface area (Å²) in [4.78, 5) is 6.04. The van der Waals surface area contributed by atoms with Crippen LogP contribution >= 0.6 is 0 Å². The topological polar surface area (TPSA) is 48.4 Å². The number of nitrogens with zero attached hydrogens (tertiary/aromatic N) is 2. The zero-order chi connectivity index (χ0) is 20.7. The van der Waals surface area contributed by atoms with E-state index in [1.165, 1.54) is 6.07 Å². The Morgan fingerprint density at radius 3 is 2.62 bits per heavy atom. The van der Waals surface area contributed by atoms with Gasteiger partial charge in [-0.3, -0.25) is 0 Å². The molecule has 2 heterocycles. The molecule has 7 heteroatoms. The zero-order valence-electron chi connectivity index (χ0n) is 16.0. The smallest absolute Gasteiger partial charge is 0.395 e. The number of piperidine rings is 1. The van der Waals surface area contributed by atoms with Gasteiger partial charge in [-0.1, -0.05) is 24.0 Å². The van der Waals surface area contributed by atoms with Crippen molar-refractivity contribution in [1.29, 1.82) is 0 Å². The first kappa shape index (κ1) is 21.2. The summed E-state index contributed by atoms with van der Waals surface area (Å²) in [7, 11) is 0. The molecular weight excluding hydrogens is 379 g/mol. The van der Waals surface area contributed by atoms with Crippen molar-refractivity contribution in [3.63, 3.8) is 0 Å². The third-order valence-corrected chi connectivity index (χ3v) is 4.84. The number of hydrogen-bond donors (Lipinski definition) is 2. The minimum absolute atomic E-state index is 0.0649. The second-order valence-electron chi connectivity index (χ2n) is 7.04. The number of aromatic nitrogens is 1. The van der Waals surface area contributed by atoms with Crippen molar-refractivity contribution >= 4 is 5.82 Å². The van der Waals surface area contributed by atoms with Crippen LogP contribution in [0.1, 0.15) is 36.0 Å². The first-order chi connectivity index (χ1) is 14.0. The predicted octanol–water partition coefficient (Wildman–Crippen LogP) is 3.59. The fourth-order valence-electron chi connectivity index (χ4n) is 3.28. The fraction of sp³-hybridized carbons (Fsp3) is 0.409. The Hall–Kier alpha value is -2.56. The molecule has 1 atom stereocenters. The summed E-state index contributed by atoms with van der Waals surface area (Å²) in [5.74, 6) is 6.48. The van der Waals surface area contributed by atoms with Crippen molar-refractivity contribution in [1.82, 2.24) is 10.3 Å². The van der Waals surface area contributed by atoms with Crippen LogP contribution in [0.5, 0.6) is 0 Å². The molecule has 1 aliphatic heterocycles. The van der Waals surface area contributed by atoms with E-state index in [9.17, 15) is 13.2 Å². The van der Waals surface area contributed by atoms with E-state index in [-0.39, 0.29) is 12.6 Å². The fourth-order valence-corrected chi connectivity index (χ4v) is 3.28. The van der Waals surface area contributed by atoms with E-state index in [1.54, 1.807) is 0 Å². The van der Waals surface area contributed by atoms with Gasteiger partial charge in [-0.2, -0.15) is 13.2 Å². The summed E-state index contributed by atoms with van der Waals surface area (Å²) >= 11 is 0. The molecule has 0 spiro atoms. The molecule has 0 bridgehead atoms. The van der Waals surface area contributed by atoms with E-state index in [0.717, 1.165) is 42.8 Å². The van der Waals surface area contributed by atoms with Crippen molar-refractivity contribution in [3.05, 3.63) is 59.3 Å². The van der Waals surface area contributed by atoms with E-state index >= 15 is 0 Å². The Labute approximate surface area is 168 Å². The molecular formula is C22H24F3N3O. The molecule has 2 N–H and O–H groups in total. The Morgan fingerprint density at radius 1 is 1.17 bits per heavy atom. The number of benzene rings is 1. The van der Waals surface area contributed by atoms with Gasteiger partial charge < -0.3 is 15.3 Å². The quantitative estimate of drug-likeness (QED) is 0.749. The number of halogens is 3. The Morgan fingerprint density at radius 2 is 1.97 bits per heavy atom. The van der Waals surface area contributed by atoms with Gasteiger partial charge in [0.2, 0.25) is 0 Å². The molecule has 154 valence electrons. The molecule has 29 heavy (non-hydrogen) atoms. The summed E-state index contributed by atoms with van der Waals surface area (Å²) in [6.07, 6.45) is -1.02. The largest absolute Gasteiger partial charge is 0.417 e. The average Bonchev–Trinajstić information content (AvgIpc) is 2.73. The SMILES string of the molecule is OCCC#Cc1ccc(CN[C@@H]2CCCN(c3ccc(C(F)(F)F)cn3)C2)cc1. The van der Waals surface area contributed by atoms with Gasteiger partial charge in [0.15, 0.2) is 0 Å². The van der Waals surface area contributed by atoms with Crippen LogP contribution in [0.4, 0.5) is 19.0 Å². The van der Waals surface area contributed by atoms with Gasteiger partial charge in [0, 0.05) is 43.9 Å². The zero-order valence-corrected chi connectivity index (χ0v) is 16.0. The van der Waals surface area contributed by atoms with Gasteiger partial charge in [-0.25, -0.2) is 4.98 Å². The lowest BCUT2D eigenvalue weighted by molar-refractivity contribution is -0.137. The molecule has 2 aromatic rings. The number of aliphatic hydroxyl groups excluding tert-OH is 1. The minimum Gasteiger partial charge on any atom is -0.395 e. The van der Waals surface area contributed by atoms with Crippen LogP contribution in [0.2, 0.25) is 0 Å². The second kappa shape index (κ2) is 9.77. The highest BCUT2D eigenvalue weighted by molar-refractivity contribution is 5.41. The van der Waals surface area contributed by atoms with Crippen LogP contribution < -0.4 is 10.2 Å². The maximum Gasteiger partial charge on any atom is 0.417 e. The predicted molar refractivity (Wildman–Crippen MR) is 106 cm³/mol. The Kier molecular flexibility index (Phi) is 7.13. The maximum atomic E-state index is 12.7. The molecule has 0 amide bonds. The molecule has 1 aromatic carbocycles. The van der Waals surface area contributed by atoms with Crippen molar-refractivity contribution < 1.29 is 18.3 Å². The summed E-state index contributed by atoms with van der Waals surface area (Å²) in [6, 6.07) is 10.7. The number of alkyl halides is 3. The van der Waals surface area contributed by atoms with Gasteiger partial charge in [0.25, 0.3) is 0 Å². The molecule has 1 aromatic heterocycles. The van der Waals surface area contributed by atoms with Gasteiger partial charge in [-0.15, -0.1) is 0 Å². The molecule has 1 saturated heterocycles. The van der Waals surface area contributed by atoms with Crippen LogP contribution in [-0.4, -0.2) is 35.8 Å². The molecule has 4 nitrogen and oxygen atoms in total. The van der Waals surface area contributed by atoms with Gasteiger partial charge in [0.05, 0.1) is 12.2 Å². The van der Waals surface area contributed by atoms with E-state index in [0.29, 0.717) is 25.3 Å². The van der Waals surface area contributed by atoms with Gasteiger partial charge >= 0.3 is 6.18 Å². The third kappa shape index (κ3) is 6.21. The highest BCUT2D eigenvalue weighted by Crippen LogP contribution is 2.29. The molecule has 3 rings (SSSR count). The average molecular weight is 403 g/mol. The van der Waals surface area contributed by atoms with E-state index < -0.39 is 11.7 Å². The molecule has 0 unspecified atom stereocenters. The lowest BCUT2D eigenvalue weighted by Crippen LogP contribution is -2.45. The number of anilines is 1. The molecule has 1 aliphatic rings. The number of aliphatic hydroxyl groups is 1. The first-order valence-electron chi connectivity index (χ1n) is 9.66. The lowest BCUT2D eigenvalue weighted by atomic mass is 10.0. The van der Waals surface area contributed by atoms with E-state index in [4.69, 9.17) is 5.11 Å². The third-order valence-electron chi connectivity index (χ3n) is 4.84.